The minimum absolute atomic E-state index is 0.0961. The van der Waals surface area contributed by atoms with Crippen molar-refractivity contribution in [3.63, 3.8) is 0 Å². The van der Waals surface area contributed by atoms with Crippen LogP contribution in [0.3, 0.4) is 0 Å². The smallest absolute Gasteiger partial charge is 0.273 e. The molecule has 0 N–H and O–H groups in total. The zero-order valence-electron chi connectivity index (χ0n) is 15.9. The van der Waals surface area contributed by atoms with Gasteiger partial charge in [-0.2, -0.15) is 0 Å². The summed E-state index contributed by atoms with van der Waals surface area (Å²) >= 11 is 1.44. The van der Waals surface area contributed by atoms with Crippen molar-refractivity contribution in [2.24, 2.45) is 0 Å². The predicted octanol–water partition coefficient (Wildman–Crippen LogP) is 4.41. The SMILES string of the molecule is COc1ccc(-c2nc(C(=O)N(C)Cc3ccccc3C)cs2)cc1OC. The van der Waals surface area contributed by atoms with Gasteiger partial charge in [0.2, 0.25) is 0 Å². The van der Waals surface area contributed by atoms with Crippen LogP contribution >= 0.6 is 11.3 Å². The third kappa shape index (κ3) is 4.11. The molecular weight excluding hydrogens is 360 g/mol. The Balaban J connectivity index is 1.79. The zero-order valence-corrected chi connectivity index (χ0v) is 16.7. The van der Waals surface area contributed by atoms with Crippen LogP contribution in [0, 0.1) is 6.92 Å². The van der Waals surface area contributed by atoms with Crippen molar-refractivity contribution in [2.45, 2.75) is 13.5 Å². The molecule has 0 aliphatic carbocycles. The van der Waals surface area contributed by atoms with E-state index in [-0.39, 0.29) is 5.91 Å². The van der Waals surface area contributed by atoms with Gasteiger partial charge >= 0.3 is 0 Å². The lowest BCUT2D eigenvalue weighted by Crippen LogP contribution is -2.26. The van der Waals surface area contributed by atoms with Crippen molar-refractivity contribution in [3.05, 3.63) is 64.7 Å². The number of amides is 1. The maximum absolute atomic E-state index is 12.8. The molecular formula is C21H22N2O3S. The zero-order chi connectivity index (χ0) is 19.4. The number of methoxy groups -OCH3 is 2. The van der Waals surface area contributed by atoms with Gasteiger partial charge in [0.05, 0.1) is 14.2 Å². The Kier molecular flexibility index (Phi) is 5.76. The first kappa shape index (κ1) is 18.9. The van der Waals surface area contributed by atoms with Gasteiger partial charge in [-0.25, -0.2) is 4.98 Å². The monoisotopic (exact) mass is 382 g/mol. The summed E-state index contributed by atoms with van der Waals surface area (Å²) in [5.74, 6) is 1.20. The van der Waals surface area contributed by atoms with Crippen molar-refractivity contribution in [1.29, 1.82) is 0 Å². The van der Waals surface area contributed by atoms with Crippen LogP contribution in [0.5, 0.6) is 11.5 Å². The van der Waals surface area contributed by atoms with Crippen molar-refractivity contribution >= 4 is 17.2 Å². The second-order valence-electron chi connectivity index (χ2n) is 6.20. The molecule has 3 aromatic rings. The van der Waals surface area contributed by atoms with Gasteiger partial charge in [0.15, 0.2) is 11.5 Å². The maximum Gasteiger partial charge on any atom is 0.273 e. The van der Waals surface area contributed by atoms with E-state index < -0.39 is 0 Å². The molecule has 0 unspecified atom stereocenters. The molecule has 1 amide bonds. The van der Waals surface area contributed by atoms with E-state index in [1.54, 1.807) is 31.5 Å². The average Bonchev–Trinajstić information content (AvgIpc) is 3.18. The number of thiazole rings is 1. The number of ether oxygens (including phenoxy) is 2. The van der Waals surface area contributed by atoms with Crippen LogP contribution in [0.1, 0.15) is 21.6 Å². The third-order valence-electron chi connectivity index (χ3n) is 4.37. The van der Waals surface area contributed by atoms with Crippen molar-refractivity contribution < 1.29 is 14.3 Å². The summed E-state index contributed by atoms with van der Waals surface area (Å²) in [6.45, 7) is 2.60. The summed E-state index contributed by atoms with van der Waals surface area (Å²) in [4.78, 5) is 19.0. The molecule has 1 aromatic heterocycles. The molecule has 0 spiro atoms. The molecule has 6 heteroatoms. The summed E-state index contributed by atoms with van der Waals surface area (Å²) in [6.07, 6.45) is 0. The number of aryl methyl sites for hydroxylation is 1. The second kappa shape index (κ2) is 8.22. The first-order valence-electron chi connectivity index (χ1n) is 8.51. The second-order valence-corrected chi connectivity index (χ2v) is 7.05. The fourth-order valence-electron chi connectivity index (χ4n) is 2.78. The van der Waals surface area contributed by atoms with E-state index in [0.717, 1.165) is 16.1 Å². The highest BCUT2D eigenvalue weighted by atomic mass is 32.1. The van der Waals surface area contributed by atoms with Crippen molar-refractivity contribution in [3.8, 4) is 22.1 Å². The third-order valence-corrected chi connectivity index (χ3v) is 5.26. The number of hydrogen-bond donors (Lipinski definition) is 0. The van der Waals surface area contributed by atoms with Crippen LogP contribution in [-0.2, 0) is 6.54 Å². The van der Waals surface area contributed by atoms with Gasteiger partial charge in [0.25, 0.3) is 5.91 Å². The molecule has 0 bridgehead atoms. The molecule has 3 rings (SSSR count). The summed E-state index contributed by atoms with van der Waals surface area (Å²) in [6, 6.07) is 13.7. The average molecular weight is 382 g/mol. The molecule has 0 aliphatic rings. The summed E-state index contributed by atoms with van der Waals surface area (Å²) in [7, 11) is 4.99. The highest BCUT2D eigenvalue weighted by molar-refractivity contribution is 7.13. The van der Waals surface area contributed by atoms with E-state index in [2.05, 4.69) is 4.98 Å². The standard InChI is InChI=1S/C21H22N2O3S/c1-14-7-5-6-8-16(14)12-23(2)21(24)17-13-27-20(22-17)15-9-10-18(25-3)19(11-15)26-4/h5-11,13H,12H2,1-4H3. The van der Waals surface area contributed by atoms with Crippen LogP contribution in [-0.4, -0.2) is 37.1 Å². The Morgan fingerprint density at radius 2 is 1.85 bits per heavy atom. The largest absolute Gasteiger partial charge is 0.493 e. The van der Waals surface area contributed by atoms with Crippen LogP contribution in [0.4, 0.5) is 0 Å². The number of hydrogen-bond acceptors (Lipinski definition) is 5. The molecule has 0 fully saturated rings. The Hall–Kier alpha value is -2.86. The summed E-state index contributed by atoms with van der Waals surface area (Å²) in [5.41, 5.74) is 3.63. The highest BCUT2D eigenvalue weighted by Crippen LogP contribution is 2.33. The highest BCUT2D eigenvalue weighted by Gasteiger charge is 2.17. The van der Waals surface area contributed by atoms with Gasteiger partial charge in [-0.3, -0.25) is 4.79 Å². The first-order chi connectivity index (χ1) is 13.0. The van der Waals surface area contributed by atoms with E-state index in [4.69, 9.17) is 9.47 Å². The van der Waals surface area contributed by atoms with Crippen LogP contribution in [0.15, 0.2) is 47.8 Å². The lowest BCUT2D eigenvalue weighted by molar-refractivity contribution is 0.0780. The molecule has 0 aliphatic heterocycles. The van der Waals surface area contributed by atoms with Gasteiger partial charge in [-0.15, -0.1) is 11.3 Å². The van der Waals surface area contributed by atoms with Crippen LogP contribution < -0.4 is 9.47 Å². The quantitative estimate of drug-likeness (QED) is 0.634. The molecule has 1 heterocycles. The number of carbonyl (C=O) groups excluding carboxylic acids is 1. The molecule has 5 nitrogen and oxygen atoms in total. The van der Waals surface area contributed by atoms with E-state index in [0.29, 0.717) is 23.7 Å². The van der Waals surface area contributed by atoms with Gasteiger partial charge < -0.3 is 14.4 Å². The number of carbonyl (C=O) groups is 1. The molecule has 27 heavy (non-hydrogen) atoms. The van der Waals surface area contributed by atoms with E-state index in [1.807, 2.05) is 49.4 Å². The van der Waals surface area contributed by atoms with Gasteiger partial charge in [-0.1, -0.05) is 24.3 Å². The Labute approximate surface area is 163 Å². The van der Waals surface area contributed by atoms with Gasteiger partial charge in [0.1, 0.15) is 10.7 Å². The lowest BCUT2D eigenvalue weighted by Gasteiger charge is -2.17. The van der Waals surface area contributed by atoms with Crippen LogP contribution in [0.25, 0.3) is 10.6 Å². The molecule has 0 atom stereocenters. The Bertz CT molecular complexity index is 952. The normalized spacial score (nSPS) is 10.5. The van der Waals surface area contributed by atoms with Gasteiger partial charge in [-0.05, 0) is 36.2 Å². The van der Waals surface area contributed by atoms with Gasteiger partial charge in [0, 0.05) is 24.5 Å². The number of nitrogens with zero attached hydrogens (tertiary/aromatic N) is 2. The van der Waals surface area contributed by atoms with E-state index >= 15 is 0 Å². The Morgan fingerprint density at radius 3 is 2.56 bits per heavy atom. The first-order valence-corrected chi connectivity index (χ1v) is 9.39. The number of aromatic nitrogens is 1. The van der Waals surface area contributed by atoms with E-state index in [1.165, 1.54) is 16.9 Å². The Morgan fingerprint density at radius 1 is 1.11 bits per heavy atom. The van der Waals surface area contributed by atoms with Crippen LogP contribution in [0.2, 0.25) is 0 Å². The summed E-state index contributed by atoms with van der Waals surface area (Å²) < 4.78 is 10.6. The van der Waals surface area contributed by atoms with E-state index in [9.17, 15) is 4.79 Å². The number of benzene rings is 2. The predicted molar refractivity (Wildman–Crippen MR) is 108 cm³/mol. The molecule has 0 radical (unpaired) electrons. The van der Waals surface area contributed by atoms with Crippen molar-refractivity contribution in [1.82, 2.24) is 9.88 Å². The minimum atomic E-state index is -0.0961. The fraction of sp³-hybridized carbons (Fsp3) is 0.238. The summed E-state index contributed by atoms with van der Waals surface area (Å²) in [5, 5.41) is 2.56. The molecule has 140 valence electrons. The molecule has 0 saturated heterocycles. The maximum atomic E-state index is 12.8. The number of rotatable bonds is 6. The fourth-order valence-corrected chi connectivity index (χ4v) is 3.58. The molecule has 2 aromatic carbocycles. The van der Waals surface area contributed by atoms with Crippen molar-refractivity contribution in [2.75, 3.05) is 21.3 Å². The molecule has 0 saturated carbocycles. The minimum Gasteiger partial charge on any atom is -0.493 e. The lowest BCUT2D eigenvalue weighted by atomic mass is 10.1. The topological polar surface area (TPSA) is 51.7 Å².